The molecular weight excluding hydrogens is 303 g/mol. The lowest BCUT2D eigenvalue weighted by molar-refractivity contribution is -0.133. The fourth-order valence-electron chi connectivity index (χ4n) is 4.10. The maximum Gasteiger partial charge on any atom is 0.222 e. The van der Waals surface area contributed by atoms with E-state index in [2.05, 4.69) is 10.2 Å². The molecule has 3 nitrogen and oxygen atoms in total. The summed E-state index contributed by atoms with van der Waals surface area (Å²) in [7, 11) is 0. The number of amides is 1. The van der Waals surface area contributed by atoms with Crippen LogP contribution in [0, 0.1) is 11.7 Å². The molecule has 1 aliphatic carbocycles. The number of hydrogen-bond acceptors (Lipinski definition) is 2. The van der Waals surface area contributed by atoms with Gasteiger partial charge in [-0.3, -0.25) is 4.79 Å². The fourth-order valence-corrected chi connectivity index (χ4v) is 4.10. The highest BCUT2D eigenvalue weighted by Gasteiger charge is 2.27. The number of carbonyl (C=O) groups excluding carboxylic acids is 1. The number of benzene rings is 1. The normalized spacial score (nSPS) is 21.3. The van der Waals surface area contributed by atoms with Crippen molar-refractivity contribution < 1.29 is 9.18 Å². The summed E-state index contributed by atoms with van der Waals surface area (Å²) >= 11 is 0. The molecule has 1 atom stereocenters. The molecule has 4 heteroatoms. The van der Waals surface area contributed by atoms with Gasteiger partial charge >= 0.3 is 0 Å². The predicted molar refractivity (Wildman–Crippen MR) is 94.3 cm³/mol. The van der Waals surface area contributed by atoms with Crippen molar-refractivity contribution in [2.75, 3.05) is 19.6 Å². The number of rotatable bonds is 7. The van der Waals surface area contributed by atoms with E-state index in [0.29, 0.717) is 24.3 Å². The molecule has 1 aromatic carbocycles. The van der Waals surface area contributed by atoms with Gasteiger partial charge in [0.25, 0.3) is 0 Å². The molecule has 1 aromatic rings. The van der Waals surface area contributed by atoms with E-state index < -0.39 is 0 Å². The molecule has 0 aromatic heterocycles. The molecule has 1 saturated carbocycles. The molecule has 132 valence electrons. The van der Waals surface area contributed by atoms with Gasteiger partial charge in [-0.15, -0.1) is 0 Å². The van der Waals surface area contributed by atoms with Crippen molar-refractivity contribution >= 4 is 5.91 Å². The first-order chi connectivity index (χ1) is 11.7. The van der Waals surface area contributed by atoms with E-state index in [0.717, 1.165) is 50.9 Å². The fraction of sp³-hybridized carbons (Fsp3) is 0.650. The zero-order valence-electron chi connectivity index (χ0n) is 14.5. The van der Waals surface area contributed by atoms with Crippen molar-refractivity contribution in [2.45, 2.75) is 57.4 Å². The average Bonchev–Trinajstić information content (AvgIpc) is 3.27. The second-order valence-corrected chi connectivity index (χ2v) is 7.30. The molecule has 1 saturated heterocycles. The molecule has 1 amide bonds. The quantitative estimate of drug-likeness (QED) is 0.828. The highest BCUT2D eigenvalue weighted by Crippen LogP contribution is 2.25. The largest absolute Gasteiger partial charge is 0.339 e. The minimum atomic E-state index is -0.194. The van der Waals surface area contributed by atoms with Crippen molar-refractivity contribution in [2.24, 2.45) is 5.92 Å². The molecule has 1 N–H and O–H groups in total. The van der Waals surface area contributed by atoms with Gasteiger partial charge < -0.3 is 10.2 Å². The number of halogens is 1. The lowest BCUT2D eigenvalue weighted by atomic mass is 10.0. The number of nitrogens with zero attached hydrogens (tertiary/aromatic N) is 1. The van der Waals surface area contributed by atoms with Crippen LogP contribution in [-0.2, 0) is 11.2 Å². The zero-order chi connectivity index (χ0) is 16.8. The van der Waals surface area contributed by atoms with Crippen molar-refractivity contribution in [3.05, 3.63) is 35.6 Å². The molecule has 0 bridgehead atoms. The van der Waals surface area contributed by atoms with Crippen molar-refractivity contribution in [3.8, 4) is 0 Å². The summed E-state index contributed by atoms with van der Waals surface area (Å²) in [6, 6.07) is 7.15. The van der Waals surface area contributed by atoms with Crippen molar-refractivity contribution in [1.82, 2.24) is 10.2 Å². The summed E-state index contributed by atoms with van der Waals surface area (Å²) in [6.07, 6.45) is 8.29. The SMILES string of the molecule is O=C(CCC1CCNC1)N(CCc1cccc(F)c1)C1CCCC1. The predicted octanol–water partition coefficient (Wildman–Crippen LogP) is 3.53. The molecule has 0 radical (unpaired) electrons. The highest BCUT2D eigenvalue weighted by molar-refractivity contribution is 5.76. The molecule has 1 heterocycles. The smallest absolute Gasteiger partial charge is 0.222 e. The Kier molecular flexibility index (Phi) is 6.24. The summed E-state index contributed by atoms with van der Waals surface area (Å²) in [5.74, 6) is 0.757. The van der Waals surface area contributed by atoms with Crippen molar-refractivity contribution in [3.63, 3.8) is 0 Å². The van der Waals surface area contributed by atoms with Gasteiger partial charge in [0.2, 0.25) is 5.91 Å². The van der Waals surface area contributed by atoms with E-state index in [9.17, 15) is 9.18 Å². The van der Waals surface area contributed by atoms with E-state index >= 15 is 0 Å². The standard InChI is InChI=1S/C20H29FN2O/c21-18-5-3-4-16(14-18)11-13-23(19-6-1-2-7-19)20(24)9-8-17-10-12-22-15-17/h3-5,14,17,19,22H,1-2,6-13,15H2. The maximum atomic E-state index is 13.4. The van der Waals surface area contributed by atoms with Gasteiger partial charge in [-0.05, 0) is 68.8 Å². The maximum absolute atomic E-state index is 13.4. The molecule has 24 heavy (non-hydrogen) atoms. The summed E-state index contributed by atoms with van der Waals surface area (Å²) in [5, 5.41) is 3.37. The van der Waals surface area contributed by atoms with Crippen LogP contribution in [0.1, 0.15) is 50.5 Å². The third-order valence-electron chi connectivity index (χ3n) is 5.55. The Hall–Kier alpha value is -1.42. The minimum absolute atomic E-state index is 0.194. The van der Waals surface area contributed by atoms with Crippen LogP contribution < -0.4 is 5.32 Å². The Morgan fingerprint density at radius 1 is 1.25 bits per heavy atom. The molecule has 3 rings (SSSR count). The highest BCUT2D eigenvalue weighted by atomic mass is 19.1. The Labute approximate surface area is 144 Å². The minimum Gasteiger partial charge on any atom is -0.339 e. The lowest BCUT2D eigenvalue weighted by Crippen LogP contribution is -2.40. The van der Waals surface area contributed by atoms with E-state index in [1.165, 1.54) is 25.3 Å². The van der Waals surface area contributed by atoms with Crippen LogP contribution in [0.5, 0.6) is 0 Å². The summed E-state index contributed by atoms with van der Waals surface area (Å²) in [4.78, 5) is 14.9. The Morgan fingerprint density at radius 2 is 2.08 bits per heavy atom. The Bertz CT molecular complexity index is 536. The van der Waals surface area contributed by atoms with Gasteiger partial charge in [0.05, 0.1) is 0 Å². The van der Waals surface area contributed by atoms with E-state index in [1.807, 2.05) is 6.07 Å². The molecule has 2 aliphatic rings. The average molecular weight is 332 g/mol. The third-order valence-corrected chi connectivity index (χ3v) is 5.55. The van der Waals surface area contributed by atoms with E-state index in [-0.39, 0.29) is 5.82 Å². The lowest BCUT2D eigenvalue weighted by Gasteiger charge is -2.29. The van der Waals surface area contributed by atoms with E-state index in [1.54, 1.807) is 12.1 Å². The van der Waals surface area contributed by atoms with Crippen LogP contribution in [0.25, 0.3) is 0 Å². The van der Waals surface area contributed by atoms with Crippen LogP contribution in [0.4, 0.5) is 4.39 Å². The van der Waals surface area contributed by atoms with Gasteiger partial charge in [0.15, 0.2) is 0 Å². The Balaban J connectivity index is 1.56. The molecule has 1 unspecified atom stereocenters. The monoisotopic (exact) mass is 332 g/mol. The summed E-state index contributed by atoms with van der Waals surface area (Å²) in [5.41, 5.74) is 0.978. The van der Waals surface area contributed by atoms with E-state index in [4.69, 9.17) is 0 Å². The molecular formula is C20H29FN2O. The summed E-state index contributed by atoms with van der Waals surface area (Å²) < 4.78 is 13.4. The van der Waals surface area contributed by atoms with Gasteiger partial charge in [-0.1, -0.05) is 25.0 Å². The number of nitrogens with one attached hydrogen (secondary N) is 1. The second-order valence-electron chi connectivity index (χ2n) is 7.30. The first-order valence-electron chi connectivity index (χ1n) is 9.47. The van der Waals surface area contributed by atoms with Crippen LogP contribution in [0.15, 0.2) is 24.3 Å². The molecule has 1 aliphatic heterocycles. The Morgan fingerprint density at radius 3 is 2.79 bits per heavy atom. The van der Waals surface area contributed by atoms with Crippen LogP contribution in [0.2, 0.25) is 0 Å². The summed E-state index contributed by atoms with van der Waals surface area (Å²) in [6.45, 7) is 2.86. The first-order valence-corrected chi connectivity index (χ1v) is 9.47. The van der Waals surface area contributed by atoms with Gasteiger partial charge in [0.1, 0.15) is 5.82 Å². The van der Waals surface area contributed by atoms with Gasteiger partial charge in [-0.25, -0.2) is 4.39 Å². The number of hydrogen-bond donors (Lipinski definition) is 1. The van der Waals surface area contributed by atoms with Gasteiger partial charge in [0, 0.05) is 19.0 Å². The number of carbonyl (C=O) groups is 1. The zero-order valence-corrected chi connectivity index (χ0v) is 14.5. The second kappa shape index (κ2) is 8.61. The van der Waals surface area contributed by atoms with Gasteiger partial charge in [-0.2, -0.15) is 0 Å². The van der Waals surface area contributed by atoms with Crippen LogP contribution in [-0.4, -0.2) is 36.5 Å². The topological polar surface area (TPSA) is 32.3 Å². The molecule has 0 spiro atoms. The van der Waals surface area contributed by atoms with Crippen LogP contribution >= 0.6 is 0 Å². The molecule has 2 fully saturated rings. The van der Waals surface area contributed by atoms with Crippen LogP contribution in [0.3, 0.4) is 0 Å². The third kappa shape index (κ3) is 4.79. The van der Waals surface area contributed by atoms with Crippen molar-refractivity contribution in [1.29, 1.82) is 0 Å². The first kappa shape index (κ1) is 17.4.